The molecule has 0 fully saturated rings. The van der Waals surface area contributed by atoms with Crippen molar-refractivity contribution in [1.29, 1.82) is 0 Å². The third kappa shape index (κ3) is 3.89. The molecule has 132 valence electrons. The molecule has 8 heteroatoms. The number of benzene rings is 1. The van der Waals surface area contributed by atoms with Gasteiger partial charge in [-0.2, -0.15) is 5.10 Å². The van der Waals surface area contributed by atoms with Crippen LogP contribution in [0.25, 0.3) is 5.69 Å². The number of carbonyl (C=O) groups is 2. The van der Waals surface area contributed by atoms with Crippen LogP contribution in [0.1, 0.15) is 18.5 Å². The molecule has 26 heavy (non-hydrogen) atoms. The van der Waals surface area contributed by atoms with Crippen LogP contribution in [0.5, 0.6) is 0 Å². The highest BCUT2D eigenvalue weighted by atomic mass is 35.5. The first kappa shape index (κ1) is 17.6. The van der Waals surface area contributed by atoms with Crippen LogP contribution in [-0.4, -0.2) is 26.6 Å². The van der Waals surface area contributed by atoms with Crippen molar-refractivity contribution in [3.05, 3.63) is 71.8 Å². The highest BCUT2D eigenvalue weighted by Crippen LogP contribution is 2.27. The molecular weight excluding hydrogens is 354 g/mol. The topological polar surface area (TPSA) is 88.9 Å². The van der Waals surface area contributed by atoms with Crippen molar-refractivity contribution < 1.29 is 9.59 Å². The predicted octanol–water partition coefficient (Wildman–Crippen LogP) is 2.74. The molecule has 0 spiro atoms. The number of rotatable bonds is 4. The number of halogens is 1. The fourth-order valence-corrected chi connectivity index (χ4v) is 2.69. The monoisotopic (exact) mass is 369 g/mol. The SMILES string of the molecule is CC(NC(=O)C(=O)Nc1cccc(Cl)c1-n1cccn1)c1ccncc1. The second-order valence-electron chi connectivity index (χ2n) is 5.52. The number of carbonyl (C=O) groups excluding carboxylic acids is 2. The van der Waals surface area contributed by atoms with Crippen LogP contribution in [0.3, 0.4) is 0 Å². The van der Waals surface area contributed by atoms with Crippen molar-refractivity contribution in [3.63, 3.8) is 0 Å². The second kappa shape index (κ2) is 7.79. The van der Waals surface area contributed by atoms with Gasteiger partial charge >= 0.3 is 11.8 Å². The van der Waals surface area contributed by atoms with E-state index in [1.165, 1.54) is 4.68 Å². The number of anilines is 1. The summed E-state index contributed by atoms with van der Waals surface area (Å²) in [5, 5.41) is 9.76. The second-order valence-corrected chi connectivity index (χ2v) is 5.92. The third-order valence-electron chi connectivity index (χ3n) is 3.73. The van der Waals surface area contributed by atoms with E-state index in [-0.39, 0.29) is 6.04 Å². The minimum atomic E-state index is -0.790. The molecule has 0 aliphatic rings. The van der Waals surface area contributed by atoms with E-state index in [4.69, 9.17) is 11.6 Å². The Kier molecular flexibility index (Phi) is 5.28. The minimum absolute atomic E-state index is 0.332. The first-order valence-corrected chi connectivity index (χ1v) is 8.24. The van der Waals surface area contributed by atoms with Gasteiger partial charge in [0.1, 0.15) is 5.69 Å². The maximum atomic E-state index is 12.3. The fraction of sp³-hybridized carbons (Fsp3) is 0.111. The van der Waals surface area contributed by atoms with Gasteiger partial charge in [0.15, 0.2) is 0 Å². The van der Waals surface area contributed by atoms with Crippen LogP contribution < -0.4 is 10.6 Å². The predicted molar refractivity (Wildman–Crippen MR) is 98.0 cm³/mol. The number of amides is 2. The van der Waals surface area contributed by atoms with Gasteiger partial charge in [-0.15, -0.1) is 0 Å². The van der Waals surface area contributed by atoms with E-state index in [9.17, 15) is 9.59 Å². The van der Waals surface area contributed by atoms with Gasteiger partial charge in [0.05, 0.1) is 16.8 Å². The summed E-state index contributed by atoms with van der Waals surface area (Å²) in [7, 11) is 0. The van der Waals surface area contributed by atoms with Gasteiger partial charge in [-0.3, -0.25) is 14.6 Å². The lowest BCUT2D eigenvalue weighted by Crippen LogP contribution is -2.37. The molecule has 7 nitrogen and oxygen atoms in total. The number of para-hydroxylation sites is 1. The molecule has 2 amide bonds. The molecule has 1 atom stereocenters. The van der Waals surface area contributed by atoms with Crippen LogP contribution in [0.15, 0.2) is 61.2 Å². The standard InChI is InChI=1S/C18H16ClN5O2/c1-12(13-6-9-20-10-7-13)22-17(25)18(26)23-15-5-2-4-14(19)16(15)24-11-3-8-21-24/h2-12H,1H3,(H,22,25)(H,23,26). The van der Waals surface area contributed by atoms with Gasteiger partial charge in [0.2, 0.25) is 0 Å². The molecular formula is C18H16ClN5O2. The van der Waals surface area contributed by atoms with Crippen molar-refractivity contribution in [2.45, 2.75) is 13.0 Å². The summed E-state index contributed by atoms with van der Waals surface area (Å²) < 4.78 is 1.52. The summed E-state index contributed by atoms with van der Waals surface area (Å²) in [6, 6.07) is 9.97. The summed E-state index contributed by atoms with van der Waals surface area (Å²) in [6.45, 7) is 1.79. The van der Waals surface area contributed by atoms with Crippen molar-refractivity contribution in [2.75, 3.05) is 5.32 Å². The van der Waals surface area contributed by atoms with Crippen molar-refractivity contribution in [1.82, 2.24) is 20.1 Å². The number of nitrogens with zero attached hydrogens (tertiary/aromatic N) is 3. The molecule has 0 saturated carbocycles. The molecule has 0 aliphatic carbocycles. The highest BCUT2D eigenvalue weighted by molar-refractivity contribution is 6.40. The quantitative estimate of drug-likeness (QED) is 0.692. The first-order chi connectivity index (χ1) is 12.6. The van der Waals surface area contributed by atoms with E-state index in [1.54, 1.807) is 68.1 Å². The van der Waals surface area contributed by atoms with Crippen LogP contribution in [-0.2, 0) is 9.59 Å². The summed E-state index contributed by atoms with van der Waals surface area (Å²) in [5.41, 5.74) is 1.72. The smallest absolute Gasteiger partial charge is 0.313 e. The normalized spacial score (nSPS) is 11.6. The molecule has 2 heterocycles. The summed E-state index contributed by atoms with van der Waals surface area (Å²) >= 11 is 6.23. The van der Waals surface area contributed by atoms with E-state index in [0.29, 0.717) is 16.4 Å². The van der Waals surface area contributed by atoms with Gasteiger partial charge in [-0.1, -0.05) is 17.7 Å². The Bertz CT molecular complexity index is 913. The van der Waals surface area contributed by atoms with E-state index in [0.717, 1.165) is 5.56 Å². The molecule has 3 aromatic rings. The average Bonchev–Trinajstić information content (AvgIpc) is 3.16. The van der Waals surface area contributed by atoms with E-state index in [2.05, 4.69) is 20.7 Å². The van der Waals surface area contributed by atoms with Crippen molar-refractivity contribution >= 4 is 29.1 Å². The van der Waals surface area contributed by atoms with Gasteiger partial charge in [-0.25, -0.2) is 4.68 Å². The van der Waals surface area contributed by atoms with Gasteiger partial charge < -0.3 is 10.6 Å². The number of hydrogen-bond acceptors (Lipinski definition) is 4. The average molecular weight is 370 g/mol. The Labute approximate surface area is 155 Å². The Morgan fingerprint density at radius 3 is 2.54 bits per heavy atom. The lowest BCUT2D eigenvalue weighted by molar-refractivity contribution is -0.136. The van der Waals surface area contributed by atoms with Gasteiger partial charge in [-0.05, 0) is 42.8 Å². The van der Waals surface area contributed by atoms with E-state index < -0.39 is 11.8 Å². The molecule has 2 aromatic heterocycles. The van der Waals surface area contributed by atoms with E-state index in [1.807, 2.05) is 0 Å². The van der Waals surface area contributed by atoms with Gasteiger partial charge in [0.25, 0.3) is 0 Å². The van der Waals surface area contributed by atoms with Crippen molar-refractivity contribution in [2.24, 2.45) is 0 Å². The maximum absolute atomic E-state index is 12.3. The molecule has 3 rings (SSSR count). The number of pyridine rings is 1. The molecule has 0 bridgehead atoms. The zero-order valence-electron chi connectivity index (χ0n) is 13.9. The van der Waals surface area contributed by atoms with Crippen LogP contribution >= 0.6 is 11.6 Å². The zero-order valence-corrected chi connectivity index (χ0v) is 14.6. The molecule has 2 N–H and O–H groups in total. The van der Waals surface area contributed by atoms with Crippen molar-refractivity contribution in [3.8, 4) is 5.69 Å². The summed E-state index contributed by atoms with van der Waals surface area (Å²) in [4.78, 5) is 28.5. The lowest BCUT2D eigenvalue weighted by atomic mass is 10.1. The number of hydrogen-bond donors (Lipinski definition) is 2. The molecule has 1 unspecified atom stereocenters. The summed E-state index contributed by atoms with van der Waals surface area (Å²) in [5.74, 6) is -1.54. The van der Waals surface area contributed by atoms with Crippen LogP contribution in [0.2, 0.25) is 5.02 Å². The molecule has 0 radical (unpaired) electrons. The number of aromatic nitrogens is 3. The zero-order chi connectivity index (χ0) is 18.5. The van der Waals surface area contributed by atoms with Crippen LogP contribution in [0, 0.1) is 0 Å². The molecule has 0 aliphatic heterocycles. The largest absolute Gasteiger partial charge is 0.341 e. The van der Waals surface area contributed by atoms with E-state index >= 15 is 0 Å². The third-order valence-corrected chi connectivity index (χ3v) is 4.03. The highest BCUT2D eigenvalue weighted by Gasteiger charge is 2.19. The maximum Gasteiger partial charge on any atom is 0.313 e. The number of nitrogens with one attached hydrogen (secondary N) is 2. The Morgan fingerprint density at radius 2 is 1.85 bits per heavy atom. The fourth-order valence-electron chi connectivity index (χ4n) is 2.43. The summed E-state index contributed by atoms with van der Waals surface area (Å²) in [6.07, 6.45) is 6.54. The molecule has 1 aromatic carbocycles. The lowest BCUT2D eigenvalue weighted by Gasteiger charge is -2.15. The van der Waals surface area contributed by atoms with Gasteiger partial charge in [0, 0.05) is 24.8 Å². The first-order valence-electron chi connectivity index (χ1n) is 7.86. The van der Waals surface area contributed by atoms with Crippen LogP contribution in [0.4, 0.5) is 5.69 Å². The Balaban J connectivity index is 1.74. The Morgan fingerprint density at radius 1 is 1.08 bits per heavy atom. The minimum Gasteiger partial charge on any atom is -0.341 e. The molecule has 0 saturated heterocycles. The Hall–Kier alpha value is -3.19.